The van der Waals surface area contributed by atoms with E-state index in [9.17, 15) is 0 Å². The number of fused-ring (bicyclic) bond motifs is 3. The fraction of sp³-hybridized carbons (Fsp3) is 0.296. The molecule has 172 valence electrons. The fourth-order valence-corrected chi connectivity index (χ4v) is 5.05. The van der Waals surface area contributed by atoms with Crippen LogP contribution in [0, 0.1) is 0 Å². The average Bonchev–Trinajstić information content (AvgIpc) is 2.82. The third-order valence-electron chi connectivity index (χ3n) is 7.10. The maximum atomic E-state index is 6.26. The predicted octanol–water partition coefficient (Wildman–Crippen LogP) is 3.56. The van der Waals surface area contributed by atoms with Crippen molar-refractivity contribution in [3.05, 3.63) is 66.7 Å². The Morgan fingerprint density at radius 1 is 0.788 bits per heavy atom. The van der Waals surface area contributed by atoms with E-state index in [-0.39, 0.29) is 6.29 Å². The maximum Gasteiger partial charge on any atom is 0.220 e. The summed E-state index contributed by atoms with van der Waals surface area (Å²) < 4.78 is 3.09. The molecule has 0 unspecified atom stereocenters. The summed E-state index contributed by atoms with van der Waals surface area (Å²) in [6.07, 6.45) is 0.553. The second-order valence-corrected chi connectivity index (χ2v) is 8.87. The number of nitrogen functional groups attached to an aromatic ring is 2. The number of hydrogen-bond donors (Lipinski definition) is 4. The maximum absolute atomic E-state index is 6.26. The lowest BCUT2D eigenvalue weighted by atomic mass is 9.98. The van der Waals surface area contributed by atoms with Crippen molar-refractivity contribution in [2.75, 3.05) is 31.1 Å². The number of nitrogens with zero attached hydrogens (tertiary/aromatic N) is 2. The molecule has 0 radical (unpaired) electrons. The van der Waals surface area contributed by atoms with Gasteiger partial charge >= 0.3 is 0 Å². The zero-order valence-corrected chi connectivity index (χ0v) is 19.7. The van der Waals surface area contributed by atoms with Crippen LogP contribution >= 0.6 is 0 Å². The van der Waals surface area contributed by atoms with Gasteiger partial charge in [0.05, 0.1) is 36.8 Å². The first-order chi connectivity index (χ1) is 15.9. The molecule has 6 heteroatoms. The minimum Gasteiger partial charge on any atom is -0.399 e. The molecule has 1 aromatic heterocycles. The molecule has 0 aliphatic heterocycles. The summed E-state index contributed by atoms with van der Waals surface area (Å²) >= 11 is 0. The Labute approximate surface area is 196 Å². The van der Waals surface area contributed by atoms with Crippen molar-refractivity contribution < 1.29 is 9.05 Å². The third-order valence-corrected chi connectivity index (χ3v) is 7.10. The van der Waals surface area contributed by atoms with Crippen molar-refractivity contribution in [2.45, 2.75) is 33.1 Å². The van der Waals surface area contributed by atoms with Gasteiger partial charge in [0.25, 0.3) is 0 Å². The zero-order chi connectivity index (χ0) is 23.6. The van der Waals surface area contributed by atoms with Crippen molar-refractivity contribution in [1.29, 1.82) is 0 Å². The molecule has 0 saturated carbocycles. The van der Waals surface area contributed by atoms with Gasteiger partial charge in [0.2, 0.25) is 11.2 Å². The Kier molecular flexibility index (Phi) is 6.51. The second-order valence-electron chi connectivity index (χ2n) is 8.87. The van der Waals surface area contributed by atoms with Gasteiger partial charge < -0.3 is 11.5 Å². The summed E-state index contributed by atoms with van der Waals surface area (Å²) in [6.45, 7) is 7.87. The van der Waals surface area contributed by atoms with E-state index in [0.29, 0.717) is 4.48 Å². The molecule has 0 spiro atoms. The fourth-order valence-electron chi connectivity index (χ4n) is 5.05. The molecule has 1 heterocycles. The summed E-state index contributed by atoms with van der Waals surface area (Å²) in [4.78, 5) is 0. The average molecular weight is 445 g/mol. The van der Waals surface area contributed by atoms with Crippen LogP contribution in [-0.2, 0) is 6.54 Å². The third kappa shape index (κ3) is 4.25. The molecular formula is C27H36N6+2. The Bertz CT molecular complexity index is 1260. The van der Waals surface area contributed by atoms with E-state index in [1.165, 1.54) is 10.8 Å². The first-order valence-corrected chi connectivity index (χ1v) is 11.8. The minimum atomic E-state index is -0.387. The topological polar surface area (TPSA) is 108 Å². The van der Waals surface area contributed by atoms with Crippen molar-refractivity contribution in [3.8, 4) is 11.3 Å². The predicted molar refractivity (Wildman–Crippen MR) is 139 cm³/mol. The standard InChI is InChI=1S/C27H35N6/c1-3-33(4-2,27(30)31)16-8-15-32-25-18-21(29)12-14-23(25)22-13-11-20(28)17-24(22)26(32)19-9-6-5-7-10-19/h5-7,9-14,17-18,27,29H,3-4,8,15-16,28,30-31H2,1-2H3/q+1/p+1. The van der Waals surface area contributed by atoms with E-state index < -0.39 is 0 Å². The van der Waals surface area contributed by atoms with E-state index >= 15 is 0 Å². The molecule has 8 N–H and O–H groups in total. The van der Waals surface area contributed by atoms with Gasteiger partial charge in [0, 0.05) is 28.4 Å². The van der Waals surface area contributed by atoms with Gasteiger partial charge in [0.15, 0.2) is 12.8 Å². The van der Waals surface area contributed by atoms with Crippen LogP contribution in [0.4, 0.5) is 11.4 Å². The van der Waals surface area contributed by atoms with E-state index in [1.54, 1.807) is 0 Å². The van der Waals surface area contributed by atoms with Crippen LogP contribution in [0.25, 0.3) is 32.9 Å². The van der Waals surface area contributed by atoms with Gasteiger partial charge in [-0.2, -0.15) is 4.57 Å². The van der Waals surface area contributed by atoms with Gasteiger partial charge in [-0.1, -0.05) is 24.3 Å². The molecule has 0 aliphatic rings. The van der Waals surface area contributed by atoms with E-state index in [0.717, 1.165) is 66.1 Å². The van der Waals surface area contributed by atoms with Gasteiger partial charge in [-0.3, -0.25) is 16.0 Å². The zero-order valence-electron chi connectivity index (χ0n) is 19.7. The molecule has 0 fully saturated rings. The first kappa shape index (κ1) is 23.0. The van der Waals surface area contributed by atoms with E-state index in [4.69, 9.17) is 22.9 Å². The van der Waals surface area contributed by atoms with Crippen molar-refractivity contribution in [3.63, 3.8) is 0 Å². The van der Waals surface area contributed by atoms with Crippen LogP contribution in [0.2, 0.25) is 0 Å². The largest absolute Gasteiger partial charge is 0.399 e. The number of nitrogens with two attached hydrogens (primary N) is 4. The number of pyridine rings is 1. The molecular weight excluding hydrogens is 408 g/mol. The SMILES string of the molecule is CC[N+](CC)(CCC[n+]1c(-c2ccccc2)c2cc(N)ccc2c2ccc(N)cc21)C(N)N. The Balaban J connectivity index is 1.93. The highest BCUT2D eigenvalue weighted by Gasteiger charge is 2.30. The van der Waals surface area contributed by atoms with Crippen LogP contribution in [0.15, 0.2) is 66.7 Å². The lowest BCUT2D eigenvalue weighted by Gasteiger charge is -2.39. The molecule has 0 aliphatic carbocycles. The molecule has 0 amide bonds. The minimum absolute atomic E-state index is 0.387. The highest BCUT2D eigenvalue weighted by atomic mass is 15.5. The van der Waals surface area contributed by atoms with Crippen LogP contribution in [0.5, 0.6) is 0 Å². The summed E-state index contributed by atoms with van der Waals surface area (Å²) in [7, 11) is 0. The summed E-state index contributed by atoms with van der Waals surface area (Å²) in [6, 6.07) is 22.8. The molecule has 3 aromatic carbocycles. The van der Waals surface area contributed by atoms with Crippen LogP contribution < -0.4 is 27.5 Å². The number of aryl methyl sites for hydroxylation is 1. The number of benzene rings is 3. The van der Waals surface area contributed by atoms with Crippen molar-refractivity contribution >= 4 is 33.1 Å². The van der Waals surface area contributed by atoms with Gasteiger partial charge in [-0.15, -0.1) is 0 Å². The normalized spacial score (nSPS) is 12.2. The highest BCUT2D eigenvalue weighted by Crippen LogP contribution is 2.33. The van der Waals surface area contributed by atoms with Gasteiger partial charge in [0.1, 0.15) is 0 Å². The molecule has 0 atom stereocenters. The summed E-state index contributed by atoms with van der Waals surface area (Å²) in [5, 5.41) is 3.48. The van der Waals surface area contributed by atoms with Crippen LogP contribution in [-0.4, -0.2) is 30.4 Å². The highest BCUT2D eigenvalue weighted by molar-refractivity contribution is 6.10. The number of anilines is 2. The monoisotopic (exact) mass is 444 g/mol. The lowest BCUT2D eigenvalue weighted by Crippen LogP contribution is -2.64. The number of quaternary nitrogens is 1. The molecule has 0 bridgehead atoms. The summed E-state index contributed by atoms with van der Waals surface area (Å²) in [5.41, 5.74) is 29.9. The van der Waals surface area contributed by atoms with Crippen molar-refractivity contribution in [2.24, 2.45) is 11.5 Å². The second kappa shape index (κ2) is 9.35. The van der Waals surface area contributed by atoms with Crippen LogP contribution in [0.1, 0.15) is 20.3 Å². The molecule has 6 nitrogen and oxygen atoms in total. The summed E-state index contributed by atoms with van der Waals surface area (Å²) in [5.74, 6) is 0. The number of hydrogen-bond acceptors (Lipinski definition) is 4. The Hall–Kier alpha value is -3.19. The molecule has 4 rings (SSSR count). The molecule has 33 heavy (non-hydrogen) atoms. The molecule has 4 aromatic rings. The first-order valence-electron chi connectivity index (χ1n) is 11.8. The smallest absolute Gasteiger partial charge is 0.220 e. The van der Waals surface area contributed by atoms with Gasteiger partial charge in [-0.05, 0) is 50.2 Å². The Morgan fingerprint density at radius 2 is 1.42 bits per heavy atom. The lowest BCUT2D eigenvalue weighted by molar-refractivity contribution is -0.949. The van der Waals surface area contributed by atoms with Crippen LogP contribution in [0.3, 0.4) is 0 Å². The number of rotatable bonds is 8. The van der Waals surface area contributed by atoms with E-state index in [1.807, 2.05) is 18.2 Å². The molecule has 0 saturated heterocycles. The quantitative estimate of drug-likeness (QED) is 0.110. The van der Waals surface area contributed by atoms with Gasteiger partial charge in [-0.25, -0.2) is 0 Å². The van der Waals surface area contributed by atoms with Crippen molar-refractivity contribution in [1.82, 2.24) is 0 Å². The number of aromatic nitrogens is 1. The Morgan fingerprint density at radius 3 is 2.06 bits per heavy atom. The van der Waals surface area contributed by atoms with E-state index in [2.05, 4.69) is 66.9 Å².